The van der Waals surface area contributed by atoms with Crippen LogP contribution in [0.1, 0.15) is 26.4 Å². The molecule has 140 valence electrons. The number of carbonyl (C=O) groups excluding carboxylic acids is 2. The summed E-state index contributed by atoms with van der Waals surface area (Å²) >= 11 is 0. The lowest BCUT2D eigenvalue weighted by Crippen LogP contribution is -2.33. The predicted octanol–water partition coefficient (Wildman–Crippen LogP) is 4.02. The normalized spacial score (nSPS) is 11.4. The number of para-hydroxylation sites is 1. The van der Waals surface area contributed by atoms with Crippen molar-refractivity contribution >= 4 is 28.4 Å². The third kappa shape index (κ3) is 4.46. The zero-order valence-corrected chi connectivity index (χ0v) is 14.3. The van der Waals surface area contributed by atoms with E-state index < -0.39 is 24.5 Å². The van der Waals surface area contributed by atoms with Gasteiger partial charge in [-0.1, -0.05) is 24.3 Å². The second-order valence-corrected chi connectivity index (χ2v) is 6.05. The molecule has 0 radical (unpaired) electrons. The maximum atomic E-state index is 12.5. The summed E-state index contributed by atoms with van der Waals surface area (Å²) in [5.41, 5.74) is 2.18. The Labute approximate surface area is 152 Å². The highest BCUT2D eigenvalue weighted by atomic mass is 19.4. The average Bonchev–Trinajstić information content (AvgIpc) is 3.05. The van der Waals surface area contributed by atoms with Crippen LogP contribution in [0.2, 0.25) is 0 Å². The van der Waals surface area contributed by atoms with E-state index in [0.717, 1.165) is 10.9 Å². The van der Waals surface area contributed by atoms with Gasteiger partial charge in [-0.25, -0.2) is 0 Å². The third-order valence-corrected chi connectivity index (χ3v) is 3.97. The summed E-state index contributed by atoms with van der Waals surface area (Å²) in [6.45, 7) is 0.300. The predicted molar refractivity (Wildman–Crippen MR) is 95.8 cm³/mol. The van der Waals surface area contributed by atoms with Gasteiger partial charge in [-0.2, -0.15) is 13.2 Å². The Morgan fingerprint density at radius 3 is 2.48 bits per heavy atom. The molecule has 0 atom stereocenters. The minimum Gasteiger partial charge on any atom is -0.351 e. The van der Waals surface area contributed by atoms with Crippen molar-refractivity contribution in [2.24, 2.45) is 0 Å². The summed E-state index contributed by atoms with van der Waals surface area (Å²) < 4.78 is 36.7. The molecule has 0 aliphatic heterocycles. The Balaban J connectivity index is 1.77. The summed E-state index contributed by atoms with van der Waals surface area (Å²) in [6, 6.07) is 13.4. The minimum atomic E-state index is -4.49. The summed E-state index contributed by atoms with van der Waals surface area (Å²) in [7, 11) is 0. The number of rotatable bonds is 4. The standard InChI is InChI=1S/C19H16F3N3O2/c1-11-6-7-13(17(26)23-10-19(20,21)22)9-15(11)25-18(27)16-8-12-4-2-3-5-14(12)24-16/h2-9,24H,10H2,1H3,(H,23,26)(H,25,27). The van der Waals surface area contributed by atoms with Gasteiger partial charge in [-0.3, -0.25) is 9.59 Å². The molecule has 1 heterocycles. The SMILES string of the molecule is Cc1ccc(C(=O)NCC(F)(F)F)cc1NC(=O)c1cc2ccccc2[nH]1. The van der Waals surface area contributed by atoms with Crippen molar-refractivity contribution in [1.29, 1.82) is 0 Å². The molecule has 0 aliphatic rings. The first-order valence-electron chi connectivity index (χ1n) is 8.08. The number of amides is 2. The molecule has 0 saturated carbocycles. The van der Waals surface area contributed by atoms with Crippen LogP contribution in [0.5, 0.6) is 0 Å². The van der Waals surface area contributed by atoms with E-state index >= 15 is 0 Å². The maximum absolute atomic E-state index is 12.5. The van der Waals surface area contributed by atoms with Crippen molar-refractivity contribution in [3.8, 4) is 0 Å². The van der Waals surface area contributed by atoms with Gasteiger partial charge in [0.05, 0.1) is 0 Å². The molecule has 3 aromatic rings. The van der Waals surface area contributed by atoms with Crippen molar-refractivity contribution in [3.63, 3.8) is 0 Å². The molecule has 0 unspecified atom stereocenters. The van der Waals surface area contributed by atoms with Gasteiger partial charge < -0.3 is 15.6 Å². The number of hydrogen-bond donors (Lipinski definition) is 3. The van der Waals surface area contributed by atoms with Crippen LogP contribution in [0, 0.1) is 6.92 Å². The highest BCUT2D eigenvalue weighted by molar-refractivity contribution is 6.07. The van der Waals surface area contributed by atoms with Crippen molar-refractivity contribution in [1.82, 2.24) is 10.3 Å². The monoisotopic (exact) mass is 375 g/mol. The molecule has 27 heavy (non-hydrogen) atoms. The van der Waals surface area contributed by atoms with E-state index in [1.54, 1.807) is 24.4 Å². The smallest absolute Gasteiger partial charge is 0.351 e. The molecule has 8 heteroatoms. The second kappa shape index (κ2) is 7.14. The summed E-state index contributed by atoms with van der Waals surface area (Å²) in [6.07, 6.45) is -4.49. The van der Waals surface area contributed by atoms with Crippen LogP contribution >= 0.6 is 0 Å². The summed E-state index contributed by atoms with van der Waals surface area (Å²) in [5, 5.41) is 5.36. The quantitative estimate of drug-likeness (QED) is 0.644. The Morgan fingerprint density at radius 1 is 1.04 bits per heavy atom. The number of benzene rings is 2. The first-order chi connectivity index (χ1) is 12.7. The van der Waals surface area contributed by atoms with Gasteiger partial charge in [0.15, 0.2) is 0 Å². The first kappa shape index (κ1) is 18.5. The Morgan fingerprint density at radius 2 is 1.78 bits per heavy atom. The molecule has 5 nitrogen and oxygen atoms in total. The summed E-state index contributed by atoms with van der Waals surface area (Å²) in [4.78, 5) is 27.4. The van der Waals surface area contributed by atoms with Gasteiger partial charge in [-0.05, 0) is 36.8 Å². The highest BCUT2D eigenvalue weighted by Gasteiger charge is 2.28. The van der Waals surface area contributed by atoms with Crippen molar-refractivity contribution in [2.75, 3.05) is 11.9 Å². The number of aromatic nitrogens is 1. The molecule has 0 fully saturated rings. The van der Waals surface area contributed by atoms with Gasteiger partial charge in [0.1, 0.15) is 12.2 Å². The van der Waals surface area contributed by atoms with Gasteiger partial charge in [-0.15, -0.1) is 0 Å². The van der Waals surface area contributed by atoms with Crippen LogP contribution in [-0.4, -0.2) is 29.5 Å². The number of anilines is 1. The van der Waals surface area contributed by atoms with Crippen molar-refractivity contribution in [3.05, 3.63) is 65.4 Å². The number of carbonyl (C=O) groups is 2. The number of H-pyrrole nitrogens is 1. The van der Waals surface area contributed by atoms with E-state index in [0.29, 0.717) is 16.9 Å². The Bertz CT molecular complexity index is 976. The van der Waals surface area contributed by atoms with E-state index in [2.05, 4.69) is 10.3 Å². The fourth-order valence-electron chi connectivity index (χ4n) is 2.57. The lowest BCUT2D eigenvalue weighted by atomic mass is 10.1. The fraction of sp³-hybridized carbons (Fsp3) is 0.158. The number of aromatic amines is 1. The number of nitrogens with one attached hydrogen (secondary N) is 3. The molecular weight excluding hydrogens is 359 g/mol. The zero-order chi connectivity index (χ0) is 19.6. The lowest BCUT2D eigenvalue weighted by molar-refractivity contribution is -0.123. The van der Waals surface area contributed by atoms with Crippen LogP contribution in [-0.2, 0) is 0 Å². The van der Waals surface area contributed by atoms with E-state index in [9.17, 15) is 22.8 Å². The molecule has 0 saturated heterocycles. The lowest BCUT2D eigenvalue weighted by Gasteiger charge is -2.11. The number of alkyl halides is 3. The van der Waals surface area contributed by atoms with Crippen LogP contribution in [0.15, 0.2) is 48.5 Å². The first-order valence-corrected chi connectivity index (χ1v) is 8.08. The molecule has 0 bridgehead atoms. The van der Waals surface area contributed by atoms with Gasteiger partial charge in [0.25, 0.3) is 11.8 Å². The third-order valence-electron chi connectivity index (χ3n) is 3.97. The molecule has 2 amide bonds. The number of hydrogen-bond acceptors (Lipinski definition) is 2. The van der Waals surface area contributed by atoms with Crippen LogP contribution in [0.4, 0.5) is 18.9 Å². The molecule has 0 aliphatic carbocycles. The van der Waals surface area contributed by atoms with E-state index in [4.69, 9.17) is 0 Å². The van der Waals surface area contributed by atoms with E-state index in [-0.39, 0.29) is 5.56 Å². The summed E-state index contributed by atoms with van der Waals surface area (Å²) in [5.74, 6) is -1.28. The van der Waals surface area contributed by atoms with Gasteiger partial charge in [0, 0.05) is 22.2 Å². The van der Waals surface area contributed by atoms with Crippen molar-refractivity contribution in [2.45, 2.75) is 13.1 Å². The van der Waals surface area contributed by atoms with E-state index in [1.165, 1.54) is 12.1 Å². The van der Waals surface area contributed by atoms with E-state index in [1.807, 2.05) is 24.3 Å². The van der Waals surface area contributed by atoms with Crippen LogP contribution in [0.25, 0.3) is 10.9 Å². The number of halogens is 3. The zero-order valence-electron chi connectivity index (χ0n) is 14.3. The Kier molecular flexibility index (Phi) is 4.89. The van der Waals surface area contributed by atoms with Gasteiger partial charge in [0.2, 0.25) is 0 Å². The van der Waals surface area contributed by atoms with Gasteiger partial charge >= 0.3 is 6.18 Å². The molecule has 2 aromatic carbocycles. The van der Waals surface area contributed by atoms with Crippen LogP contribution < -0.4 is 10.6 Å². The molecule has 3 rings (SSSR count). The molecule has 3 N–H and O–H groups in total. The topological polar surface area (TPSA) is 74.0 Å². The van der Waals surface area contributed by atoms with Crippen LogP contribution in [0.3, 0.4) is 0 Å². The highest BCUT2D eigenvalue weighted by Crippen LogP contribution is 2.20. The minimum absolute atomic E-state index is 0.0248. The average molecular weight is 375 g/mol. The largest absolute Gasteiger partial charge is 0.405 e. The second-order valence-electron chi connectivity index (χ2n) is 6.05. The number of fused-ring (bicyclic) bond motifs is 1. The molecule has 0 spiro atoms. The number of aryl methyl sites for hydroxylation is 1. The maximum Gasteiger partial charge on any atom is 0.405 e. The Hall–Kier alpha value is -3.29. The molecular formula is C19H16F3N3O2. The fourth-order valence-corrected chi connectivity index (χ4v) is 2.57. The van der Waals surface area contributed by atoms with Crippen molar-refractivity contribution < 1.29 is 22.8 Å². The molecule has 1 aromatic heterocycles.